The van der Waals surface area contributed by atoms with Crippen LogP contribution in [0.25, 0.3) is 0 Å². The first-order valence-corrected chi connectivity index (χ1v) is 2.88. The summed E-state index contributed by atoms with van der Waals surface area (Å²) in [7, 11) is 0. The zero-order valence-corrected chi connectivity index (χ0v) is 5.00. The summed E-state index contributed by atoms with van der Waals surface area (Å²) in [6.45, 7) is 0.867. The van der Waals surface area contributed by atoms with Gasteiger partial charge in [0.2, 0.25) is 0 Å². The fraction of sp³-hybridized carbons (Fsp3) is 0.800. The van der Waals surface area contributed by atoms with Gasteiger partial charge in [-0.1, -0.05) is 0 Å². The SMILES string of the molecule is [NH]C(=O)N1CCC(O)C1. The Morgan fingerprint density at radius 2 is 2.44 bits per heavy atom. The van der Waals surface area contributed by atoms with Gasteiger partial charge < -0.3 is 10.0 Å². The maximum atomic E-state index is 10.3. The average molecular weight is 129 g/mol. The molecule has 0 bridgehead atoms. The average Bonchev–Trinajstić information content (AvgIpc) is 2.14. The van der Waals surface area contributed by atoms with E-state index in [1.165, 1.54) is 4.90 Å². The monoisotopic (exact) mass is 129 g/mol. The van der Waals surface area contributed by atoms with Gasteiger partial charge in [-0.25, -0.2) is 10.5 Å². The van der Waals surface area contributed by atoms with E-state index in [2.05, 4.69) is 0 Å². The maximum Gasteiger partial charge on any atom is 0.336 e. The molecule has 0 aromatic rings. The number of rotatable bonds is 0. The van der Waals surface area contributed by atoms with Gasteiger partial charge in [0, 0.05) is 13.1 Å². The van der Waals surface area contributed by atoms with Crippen LogP contribution in [0.1, 0.15) is 6.42 Å². The quantitative estimate of drug-likeness (QED) is 0.477. The van der Waals surface area contributed by atoms with Gasteiger partial charge in [0.1, 0.15) is 0 Å². The van der Waals surface area contributed by atoms with E-state index in [-0.39, 0.29) is 0 Å². The third-order valence-corrected chi connectivity index (χ3v) is 1.45. The van der Waals surface area contributed by atoms with Crippen molar-refractivity contribution in [2.75, 3.05) is 13.1 Å². The minimum atomic E-state index is -0.688. The number of hydrogen-bond donors (Lipinski definition) is 1. The number of carbonyl (C=O) groups excluding carboxylic acids is 1. The number of likely N-dealkylation sites (tertiary alicyclic amines) is 1. The van der Waals surface area contributed by atoms with E-state index in [4.69, 9.17) is 10.8 Å². The normalized spacial score (nSPS) is 26.8. The van der Waals surface area contributed by atoms with Crippen LogP contribution < -0.4 is 5.73 Å². The lowest BCUT2D eigenvalue weighted by Crippen LogP contribution is -2.28. The van der Waals surface area contributed by atoms with Gasteiger partial charge in [0.25, 0.3) is 0 Å². The van der Waals surface area contributed by atoms with Gasteiger partial charge >= 0.3 is 6.03 Å². The van der Waals surface area contributed by atoms with Crippen molar-refractivity contribution < 1.29 is 9.90 Å². The van der Waals surface area contributed by atoms with Gasteiger partial charge in [-0.3, -0.25) is 0 Å². The van der Waals surface area contributed by atoms with E-state index in [0.29, 0.717) is 19.5 Å². The predicted octanol–water partition coefficient (Wildman–Crippen LogP) is -0.544. The van der Waals surface area contributed by atoms with Crippen molar-refractivity contribution in [3.8, 4) is 0 Å². The third-order valence-electron chi connectivity index (χ3n) is 1.45. The Balaban J connectivity index is 2.39. The zero-order chi connectivity index (χ0) is 6.85. The molecule has 0 aromatic heterocycles. The summed E-state index contributed by atoms with van der Waals surface area (Å²) >= 11 is 0. The number of aliphatic hydroxyl groups is 1. The van der Waals surface area contributed by atoms with Gasteiger partial charge in [0.05, 0.1) is 6.10 Å². The highest BCUT2D eigenvalue weighted by Gasteiger charge is 2.22. The Bertz CT molecular complexity index is 126. The van der Waals surface area contributed by atoms with Crippen molar-refractivity contribution in [2.24, 2.45) is 0 Å². The van der Waals surface area contributed by atoms with Gasteiger partial charge in [-0.05, 0) is 6.42 Å². The summed E-state index contributed by atoms with van der Waals surface area (Å²) in [6, 6.07) is -0.688. The number of carbonyl (C=O) groups is 1. The molecule has 1 atom stereocenters. The molecule has 2 N–H and O–H groups in total. The van der Waals surface area contributed by atoms with E-state index in [0.717, 1.165) is 0 Å². The molecule has 51 valence electrons. The van der Waals surface area contributed by atoms with Crippen molar-refractivity contribution in [3.63, 3.8) is 0 Å². The number of β-amino-alcohol motifs (C(OH)–C–C–N with tert-alkyl or cyclic N) is 1. The lowest BCUT2D eigenvalue weighted by Gasteiger charge is -2.09. The van der Waals surface area contributed by atoms with Gasteiger partial charge in [-0.15, -0.1) is 0 Å². The number of hydrogen-bond acceptors (Lipinski definition) is 2. The van der Waals surface area contributed by atoms with E-state index in [9.17, 15) is 4.79 Å². The molecule has 1 aliphatic heterocycles. The van der Waals surface area contributed by atoms with Crippen LogP contribution in [0.5, 0.6) is 0 Å². The second-order valence-electron chi connectivity index (χ2n) is 2.19. The molecule has 1 radical (unpaired) electrons. The molecule has 4 heteroatoms. The van der Waals surface area contributed by atoms with Crippen LogP contribution in [0.2, 0.25) is 0 Å². The maximum absolute atomic E-state index is 10.3. The van der Waals surface area contributed by atoms with Crippen molar-refractivity contribution in [3.05, 3.63) is 0 Å². The topological polar surface area (TPSA) is 64.3 Å². The van der Waals surface area contributed by atoms with Crippen LogP contribution in [0.3, 0.4) is 0 Å². The molecular weight excluding hydrogens is 120 g/mol. The largest absolute Gasteiger partial charge is 0.391 e. The molecule has 1 saturated heterocycles. The van der Waals surface area contributed by atoms with Gasteiger partial charge in [-0.2, -0.15) is 0 Å². The second kappa shape index (κ2) is 2.23. The third kappa shape index (κ3) is 1.32. The van der Waals surface area contributed by atoms with E-state index >= 15 is 0 Å². The Kier molecular flexibility index (Phi) is 1.57. The zero-order valence-electron chi connectivity index (χ0n) is 5.00. The molecular formula is C5H9N2O2. The Labute approximate surface area is 53.2 Å². The molecule has 9 heavy (non-hydrogen) atoms. The summed E-state index contributed by atoms with van der Waals surface area (Å²) in [4.78, 5) is 11.6. The summed E-state index contributed by atoms with van der Waals surface area (Å²) < 4.78 is 0. The second-order valence-corrected chi connectivity index (χ2v) is 2.19. The van der Waals surface area contributed by atoms with Crippen molar-refractivity contribution in [1.29, 1.82) is 0 Å². The number of nitrogens with zero attached hydrogens (tertiary/aromatic N) is 1. The van der Waals surface area contributed by atoms with E-state index in [1.807, 2.05) is 0 Å². The molecule has 1 heterocycles. The van der Waals surface area contributed by atoms with Crippen molar-refractivity contribution >= 4 is 6.03 Å². The molecule has 0 aliphatic carbocycles. The standard InChI is InChI=1S/C5H9N2O2/c6-5(9)7-2-1-4(8)3-7/h4,6,8H,1-3H2. The molecule has 4 nitrogen and oxygen atoms in total. The van der Waals surface area contributed by atoms with Crippen molar-refractivity contribution in [2.45, 2.75) is 12.5 Å². The predicted molar refractivity (Wildman–Crippen MR) is 30.7 cm³/mol. The van der Waals surface area contributed by atoms with Crippen LogP contribution in [0, 0.1) is 0 Å². The summed E-state index contributed by atoms with van der Waals surface area (Å²) in [5.74, 6) is 0. The number of amides is 2. The van der Waals surface area contributed by atoms with Crippen LogP contribution in [-0.4, -0.2) is 35.2 Å². The lowest BCUT2D eigenvalue weighted by molar-refractivity contribution is 0.175. The van der Waals surface area contributed by atoms with Crippen LogP contribution in [-0.2, 0) is 0 Å². The summed E-state index contributed by atoms with van der Waals surface area (Å²) in [5, 5.41) is 8.87. The molecule has 1 aliphatic rings. The highest BCUT2D eigenvalue weighted by molar-refractivity contribution is 5.71. The molecule has 0 aromatic carbocycles. The summed E-state index contributed by atoms with van der Waals surface area (Å²) in [6.07, 6.45) is 0.212. The summed E-state index contributed by atoms with van der Waals surface area (Å²) in [5.41, 5.74) is 6.64. The number of nitrogens with one attached hydrogen (secondary N) is 1. The molecule has 1 unspecified atom stereocenters. The molecule has 1 rings (SSSR count). The van der Waals surface area contributed by atoms with Gasteiger partial charge in [0.15, 0.2) is 0 Å². The fourth-order valence-electron chi connectivity index (χ4n) is 0.926. The molecule has 2 amide bonds. The smallest absolute Gasteiger partial charge is 0.336 e. The first kappa shape index (κ1) is 6.35. The lowest BCUT2D eigenvalue weighted by atomic mass is 10.3. The highest BCUT2D eigenvalue weighted by Crippen LogP contribution is 2.07. The first-order valence-electron chi connectivity index (χ1n) is 2.88. The van der Waals surface area contributed by atoms with Crippen LogP contribution in [0.4, 0.5) is 4.79 Å². The first-order chi connectivity index (χ1) is 4.20. The molecule has 0 saturated carbocycles. The molecule has 0 spiro atoms. The van der Waals surface area contributed by atoms with E-state index < -0.39 is 12.1 Å². The van der Waals surface area contributed by atoms with Crippen LogP contribution >= 0.6 is 0 Å². The fourth-order valence-corrected chi connectivity index (χ4v) is 0.926. The molecule has 1 fully saturated rings. The Hall–Kier alpha value is -0.770. The van der Waals surface area contributed by atoms with Crippen LogP contribution in [0.15, 0.2) is 0 Å². The minimum absolute atomic E-state index is 0.336. The number of aliphatic hydroxyl groups excluding tert-OH is 1. The number of urea groups is 1. The Morgan fingerprint density at radius 1 is 1.78 bits per heavy atom. The minimum Gasteiger partial charge on any atom is -0.391 e. The van der Waals surface area contributed by atoms with E-state index in [1.54, 1.807) is 0 Å². The van der Waals surface area contributed by atoms with Crippen molar-refractivity contribution in [1.82, 2.24) is 10.6 Å². The Morgan fingerprint density at radius 3 is 2.67 bits per heavy atom. The highest BCUT2D eigenvalue weighted by atomic mass is 16.3.